The van der Waals surface area contributed by atoms with E-state index in [9.17, 15) is 10.2 Å². The second kappa shape index (κ2) is 7.98. The molecule has 0 fully saturated rings. The second-order valence-corrected chi connectivity index (χ2v) is 5.47. The van der Waals surface area contributed by atoms with Gasteiger partial charge in [-0.1, -0.05) is 0 Å². The average molecular weight is 350 g/mol. The van der Waals surface area contributed by atoms with Crippen LogP contribution >= 0.6 is 0 Å². The first-order valence-corrected chi connectivity index (χ1v) is 7.89. The van der Waals surface area contributed by atoms with Crippen LogP contribution in [0, 0.1) is 0 Å². The van der Waals surface area contributed by atoms with Gasteiger partial charge in [0.15, 0.2) is 5.82 Å². The van der Waals surface area contributed by atoms with Crippen LogP contribution in [0.2, 0.25) is 0 Å². The van der Waals surface area contributed by atoms with Crippen LogP contribution < -0.4 is 10.1 Å². The fourth-order valence-electron chi connectivity index (χ4n) is 2.23. The van der Waals surface area contributed by atoms with Crippen LogP contribution in [0.4, 0.5) is 17.2 Å². The smallest absolute Gasteiger partial charge is 0.174 e. The zero-order valence-corrected chi connectivity index (χ0v) is 14.1. The first-order chi connectivity index (χ1) is 12.6. The SMILES string of the molecule is COc1ccc(Nc2ccc(N=NCc3ccc(O)cc3O)nc2)cc1. The first-order valence-electron chi connectivity index (χ1n) is 7.89. The predicted octanol–water partition coefficient (Wildman–Crippen LogP) is 4.53. The molecule has 0 saturated carbocycles. The molecular formula is C19H18N4O3. The van der Waals surface area contributed by atoms with E-state index >= 15 is 0 Å². The Bertz CT molecular complexity index is 894. The summed E-state index contributed by atoms with van der Waals surface area (Å²) in [6.45, 7) is 0.194. The molecule has 0 aliphatic rings. The lowest BCUT2D eigenvalue weighted by Crippen LogP contribution is -1.91. The van der Waals surface area contributed by atoms with Gasteiger partial charge in [0, 0.05) is 17.3 Å². The Kier molecular flexibility index (Phi) is 5.28. The molecule has 0 bridgehead atoms. The molecule has 0 amide bonds. The third-order valence-corrected chi connectivity index (χ3v) is 3.61. The number of aromatic nitrogens is 1. The number of hydrogen-bond acceptors (Lipinski definition) is 7. The van der Waals surface area contributed by atoms with E-state index in [2.05, 4.69) is 20.5 Å². The number of ether oxygens (including phenoxy) is 1. The van der Waals surface area contributed by atoms with E-state index in [4.69, 9.17) is 4.74 Å². The van der Waals surface area contributed by atoms with E-state index in [1.54, 1.807) is 25.4 Å². The molecule has 1 heterocycles. The Hall–Kier alpha value is -3.61. The number of benzene rings is 2. The van der Waals surface area contributed by atoms with Gasteiger partial charge >= 0.3 is 0 Å². The number of azo groups is 1. The van der Waals surface area contributed by atoms with Crippen molar-refractivity contribution in [2.75, 3.05) is 12.4 Å². The number of nitrogens with zero attached hydrogens (tertiary/aromatic N) is 3. The van der Waals surface area contributed by atoms with Gasteiger partial charge in [0.25, 0.3) is 0 Å². The van der Waals surface area contributed by atoms with E-state index in [-0.39, 0.29) is 18.0 Å². The Morgan fingerprint density at radius 3 is 2.42 bits per heavy atom. The third-order valence-electron chi connectivity index (χ3n) is 3.61. The number of hydrogen-bond donors (Lipinski definition) is 3. The van der Waals surface area contributed by atoms with Gasteiger partial charge in [-0.15, -0.1) is 5.11 Å². The Labute approximate surface area is 150 Å². The Balaban J connectivity index is 1.59. The maximum absolute atomic E-state index is 9.70. The first kappa shape index (κ1) is 17.2. The summed E-state index contributed by atoms with van der Waals surface area (Å²) in [5, 5.41) is 30.3. The maximum Gasteiger partial charge on any atom is 0.174 e. The molecule has 7 heteroatoms. The Morgan fingerprint density at radius 2 is 1.77 bits per heavy atom. The topological polar surface area (TPSA) is 99.3 Å². The molecule has 3 N–H and O–H groups in total. The number of methoxy groups -OCH3 is 1. The standard InChI is InChI=1S/C19H18N4O3/c1-26-17-7-3-14(4-8-17)22-15-5-9-19(20-12-15)23-21-11-13-2-6-16(24)10-18(13)25/h2-10,12,22,24-25H,11H2,1H3. The molecule has 26 heavy (non-hydrogen) atoms. The van der Waals surface area contributed by atoms with Crippen LogP contribution in [0.1, 0.15) is 5.56 Å². The summed E-state index contributed by atoms with van der Waals surface area (Å²) in [6.07, 6.45) is 1.66. The van der Waals surface area contributed by atoms with Crippen LogP contribution in [0.3, 0.4) is 0 Å². The summed E-state index contributed by atoms with van der Waals surface area (Å²) < 4.78 is 5.13. The summed E-state index contributed by atoms with van der Waals surface area (Å²) in [4.78, 5) is 4.23. The van der Waals surface area contributed by atoms with Crippen LogP contribution in [0.5, 0.6) is 17.2 Å². The lowest BCUT2D eigenvalue weighted by molar-refractivity contribution is 0.415. The molecule has 2 aromatic carbocycles. The van der Waals surface area contributed by atoms with Gasteiger partial charge in [-0.3, -0.25) is 0 Å². The molecule has 3 rings (SSSR count). The normalized spacial score (nSPS) is 10.8. The van der Waals surface area contributed by atoms with E-state index in [1.165, 1.54) is 12.1 Å². The highest BCUT2D eigenvalue weighted by atomic mass is 16.5. The zero-order valence-electron chi connectivity index (χ0n) is 14.1. The lowest BCUT2D eigenvalue weighted by atomic mass is 10.2. The minimum absolute atomic E-state index is 0.00445. The third kappa shape index (κ3) is 4.47. The molecule has 0 radical (unpaired) electrons. The van der Waals surface area contributed by atoms with Crippen molar-refractivity contribution in [2.45, 2.75) is 6.54 Å². The Morgan fingerprint density at radius 1 is 1.00 bits per heavy atom. The van der Waals surface area contributed by atoms with Gasteiger partial charge in [0.05, 0.1) is 25.5 Å². The van der Waals surface area contributed by atoms with E-state index in [0.717, 1.165) is 17.1 Å². The van der Waals surface area contributed by atoms with Crippen LogP contribution in [-0.2, 0) is 6.54 Å². The van der Waals surface area contributed by atoms with Crippen molar-refractivity contribution in [1.82, 2.24) is 4.98 Å². The van der Waals surface area contributed by atoms with Gasteiger partial charge in [-0.05, 0) is 48.5 Å². The minimum Gasteiger partial charge on any atom is -0.508 e. The van der Waals surface area contributed by atoms with Crippen molar-refractivity contribution >= 4 is 17.2 Å². The molecule has 1 aromatic heterocycles. The van der Waals surface area contributed by atoms with Crippen molar-refractivity contribution in [3.8, 4) is 17.2 Å². The van der Waals surface area contributed by atoms with Crippen LogP contribution in [0.15, 0.2) is 71.0 Å². The highest BCUT2D eigenvalue weighted by molar-refractivity contribution is 5.60. The summed E-state index contributed by atoms with van der Waals surface area (Å²) in [7, 11) is 1.63. The number of anilines is 2. The van der Waals surface area contributed by atoms with Gasteiger partial charge in [-0.2, -0.15) is 5.11 Å². The molecule has 0 spiro atoms. The fourth-order valence-corrected chi connectivity index (χ4v) is 2.23. The van der Waals surface area contributed by atoms with Gasteiger partial charge in [-0.25, -0.2) is 4.98 Å². The second-order valence-electron chi connectivity index (χ2n) is 5.47. The number of phenolic OH excluding ortho intramolecular Hbond substituents is 2. The van der Waals surface area contributed by atoms with Gasteiger partial charge in [0.2, 0.25) is 0 Å². The average Bonchev–Trinajstić information content (AvgIpc) is 2.65. The molecule has 3 aromatic rings. The van der Waals surface area contributed by atoms with Crippen molar-refractivity contribution in [2.24, 2.45) is 10.2 Å². The zero-order chi connectivity index (χ0) is 18.4. The molecule has 0 unspecified atom stereocenters. The molecule has 0 aliphatic carbocycles. The van der Waals surface area contributed by atoms with E-state index < -0.39 is 0 Å². The molecule has 0 atom stereocenters. The number of nitrogens with one attached hydrogen (secondary N) is 1. The summed E-state index contributed by atoms with van der Waals surface area (Å²) in [6, 6.07) is 15.5. The number of aromatic hydroxyl groups is 2. The van der Waals surface area contributed by atoms with E-state index in [1.807, 2.05) is 30.3 Å². The molecular weight excluding hydrogens is 332 g/mol. The quantitative estimate of drug-likeness (QED) is 0.567. The summed E-state index contributed by atoms with van der Waals surface area (Å²) in [5.74, 6) is 1.24. The monoisotopic (exact) mass is 350 g/mol. The van der Waals surface area contributed by atoms with Gasteiger partial charge in [0.1, 0.15) is 17.2 Å². The van der Waals surface area contributed by atoms with Crippen molar-refractivity contribution in [3.63, 3.8) is 0 Å². The molecule has 7 nitrogen and oxygen atoms in total. The van der Waals surface area contributed by atoms with E-state index in [0.29, 0.717) is 11.4 Å². The number of phenols is 2. The number of rotatable bonds is 6. The van der Waals surface area contributed by atoms with Crippen LogP contribution in [-0.4, -0.2) is 22.3 Å². The van der Waals surface area contributed by atoms with Crippen molar-refractivity contribution < 1.29 is 14.9 Å². The summed E-state index contributed by atoms with van der Waals surface area (Å²) in [5.41, 5.74) is 2.32. The highest BCUT2D eigenvalue weighted by Gasteiger charge is 2.01. The predicted molar refractivity (Wildman–Crippen MR) is 98.5 cm³/mol. The molecule has 132 valence electrons. The van der Waals surface area contributed by atoms with Crippen molar-refractivity contribution in [1.29, 1.82) is 0 Å². The fraction of sp³-hybridized carbons (Fsp3) is 0.105. The van der Waals surface area contributed by atoms with Gasteiger partial charge < -0.3 is 20.3 Å². The number of pyridine rings is 1. The largest absolute Gasteiger partial charge is 0.508 e. The highest BCUT2D eigenvalue weighted by Crippen LogP contribution is 2.24. The molecule has 0 saturated heterocycles. The van der Waals surface area contributed by atoms with Crippen LogP contribution in [0.25, 0.3) is 0 Å². The summed E-state index contributed by atoms with van der Waals surface area (Å²) >= 11 is 0. The lowest BCUT2D eigenvalue weighted by Gasteiger charge is -2.07. The maximum atomic E-state index is 9.70. The molecule has 0 aliphatic heterocycles. The van der Waals surface area contributed by atoms with Crippen molar-refractivity contribution in [3.05, 3.63) is 66.4 Å². The minimum atomic E-state index is -0.0176.